The highest BCUT2D eigenvalue weighted by atomic mass is 16.2. The minimum Gasteiger partial charge on any atom is -0.356 e. The van der Waals surface area contributed by atoms with Gasteiger partial charge in [-0.2, -0.15) is 0 Å². The summed E-state index contributed by atoms with van der Waals surface area (Å²) in [6.45, 7) is 4.69. The summed E-state index contributed by atoms with van der Waals surface area (Å²) in [6.07, 6.45) is 0.473. The molecule has 1 aromatic heterocycles. The number of nitrogens with zero attached hydrogens (tertiary/aromatic N) is 2. The molecule has 0 aliphatic heterocycles. The molecule has 0 radical (unpaired) electrons. The molecule has 0 aliphatic rings. The Bertz CT molecular complexity index is 1040. The molecule has 0 unspecified atom stereocenters. The summed E-state index contributed by atoms with van der Waals surface area (Å²) in [5, 5.41) is 0. The van der Waals surface area contributed by atoms with Crippen LogP contribution in [0, 0.1) is 13.8 Å². The Balaban J connectivity index is 2.05. The Kier molecular flexibility index (Phi) is 5.31. The number of rotatable bonds is 5. The second-order valence-corrected chi connectivity index (χ2v) is 7.14. The maximum Gasteiger partial charge on any atom is 0.329 e. The fourth-order valence-electron chi connectivity index (χ4n) is 3.45. The van der Waals surface area contributed by atoms with E-state index in [2.05, 4.69) is 23.2 Å². The lowest BCUT2D eigenvalue weighted by molar-refractivity contribution is 0.741. The van der Waals surface area contributed by atoms with Crippen molar-refractivity contribution in [1.82, 2.24) is 9.55 Å². The van der Waals surface area contributed by atoms with Crippen molar-refractivity contribution >= 4 is 5.82 Å². The van der Waals surface area contributed by atoms with Gasteiger partial charge < -0.3 is 4.90 Å². The van der Waals surface area contributed by atoms with Gasteiger partial charge >= 0.3 is 5.69 Å². The van der Waals surface area contributed by atoms with Crippen LogP contribution < -0.4 is 16.1 Å². The van der Waals surface area contributed by atoms with Gasteiger partial charge in [-0.25, -0.2) is 4.79 Å². The van der Waals surface area contributed by atoms with E-state index in [9.17, 15) is 9.59 Å². The number of nitrogens with one attached hydrogen (secondary N) is 1. The first-order chi connectivity index (χ1) is 12.8. The molecule has 0 fully saturated rings. The third-order valence-corrected chi connectivity index (χ3v) is 4.69. The Morgan fingerprint density at radius 3 is 2.22 bits per heavy atom. The van der Waals surface area contributed by atoms with Crippen molar-refractivity contribution in [1.29, 1.82) is 0 Å². The molecule has 0 saturated heterocycles. The van der Waals surface area contributed by atoms with Crippen molar-refractivity contribution in [2.24, 2.45) is 7.05 Å². The van der Waals surface area contributed by atoms with Crippen LogP contribution in [0.3, 0.4) is 0 Å². The molecule has 1 N–H and O–H groups in total. The average molecular weight is 363 g/mol. The van der Waals surface area contributed by atoms with Crippen LogP contribution in [0.5, 0.6) is 0 Å². The molecule has 0 amide bonds. The van der Waals surface area contributed by atoms with Crippen LogP contribution in [0.15, 0.2) is 58.1 Å². The van der Waals surface area contributed by atoms with Crippen LogP contribution in [-0.4, -0.2) is 16.6 Å². The Labute approximate surface area is 158 Å². The lowest BCUT2D eigenvalue weighted by atomic mass is 10.0. The number of hydrogen-bond acceptors (Lipinski definition) is 3. The fraction of sp³-hybridized carbons (Fsp3) is 0.273. The summed E-state index contributed by atoms with van der Waals surface area (Å²) in [5.41, 5.74) is 4.42. The van der Waals surface area contributed by atoms with E-state index in [0.717, 1.165) is 26.8 Å². The number of aromatic nitrogens is 2. The van der Waals surface area contributed by atoms with Crippen molar-refractivity contribution in [2.45, 2.75) is 26.8 Å². The van der Waals surface area contributed by atoms with Crippen LogP contribution in [0.2, 0.25) is 0 Å². The van der Waals surface area contributed by atoms with E-state index in [1.807, 2.05) is 56.1 Å². The summed E-state index contributed by atoms with van der Waals surface area (Å²) >= 11 is 0. The molecule has 27 heavy (non-hydrogen) atoms. The van der Waals surface area contributed by atoms with Crippen molar-refractivity contribution in [3.63, 3.8) is 0 Å². The van der Waals surface area contributed by atoms with E-state index in [4.69, 9.17) is 0 Å². The van der Waals surface area contributed by atoms with Crippen molar-refractivity contribution < 1.29 is 0 Å². The predicted octanol–water partition coefficient (Wildman–Crippen LogP) is 2.92. The number of aromatic amines is 1. The topological polar surface area (TPSA) is 58.1 Å². The van der Waals surface area contributed by atoms with E-state index in [0.29, 0.717) is 24.3 Å². The normalized spacial score (nSPS) is 10.8. The lowest BCUT2D eigenvalue weighted by Gasteiger charge is -2.22. The maximum absolute atomic E-state index is 12.9. The molecule has 5 heteroatoms. The first kappa shape index (κ1) is 18.7. The van der Waals surface area contributed by atoms with Crippen LogP contribution in [0.4, 0.5) is 5.82 Å². The van der Waals surface area contributed by atoms with Crippen LogP contribution >= 0.6 is 0 Å². The molecule has 3 rings (SSSR count). The minimum atomic E-state index is -0.404. The number of anilines is 1. The van der Waals surface area contributed by atoms with E-state index in [-0.39, 0.29) is 5.56 Å². The number of benzene rings is 2. The number of hydrogen-bond donors (Lipinski definition) is 1. The Hall–Kier alpha value is -3.08. The zero-order valence-corrected chi connectivity index (χ0v) is 16.2. The zero-order chi connectivity index (χ0) is 19.6. The first-order valence-electron chi connectivity index (χ1n) is 8.99. The molecule has 2 aromatic carbocycles. The third kappa shape index (κ3) is 4.19. The highest BCUT2D eigenvalue weighted by Gasteiger charge is 2.16. The van der Waals surface area contributed by atoms with Crippen molar-refractivity contribution in [2.75, 3.05) is 11.9 Å². The van der Waals surface area contributed by atoms with Crippen LogP contribution in [0.25, 0.3) is 0 Å². The molecule has 0 aliphatic carbocycles. The molecule has 5 nitrogen and oxygen atoms in total. The van der Waals surface area contributed by atoms with Gasteiger partial charge in [0.1, 0.15) is 5.82 Å². The Morgan fingerprint density at radius 2 is 1.59 bits per heavy atom. The van der Waals surface area contributed by atoms with Crippen LogP contribution in [-0.2, 0) is 20.0 Å². The molecular formula is C22H25N3O2. The van der Waals surface area contributed by atoms with Crippen LogP contribution in [0.1, 0.15) is 27.8 Å². The minimum absolute atomic E-state index is 0.257. The van der Waals surface area contributed by atoms with Gasteiger partial charge in [-0.3, -0.25) is 14.3 Å². The van der Waals surface area contributed by atoms with Gasteiger partial charge in [0.05, 0.1) is 5.56 Å². The fourth-order valence-corrected chi connectivity index (χ4v) is 3.45. The van der Waals surface area contributed by atoms with E-state index in [1.54, 1.807) is 0 Å². The average Bonchev–Trinajstić information content (AvgIpc) is 2.62. The van der Waals surface area contributed by atoms with Gasteiger partial charge in [-0.05, 0) is 25.0 Å². The van der Waals surface area contributed by atoms with Gasteiger partial charge in [-0.15, -0.1) is 0 Å². The molecule has 3 aromatic rings. The number of aryl methyl sites for hydroxylation is 2. The summed E-state index contributed by atoms with van der Waals surface area (Å²) < 4.78 is 1.14. The summed E-state index contributed by atoms with van der Waals surface area (Å²) in [7, 11) is 3.40. The molecule has 0 atom stereocenters. The standard InChI is InChI=1S/C22H25N3O2/c1-15-10-16(2)12-18(11-15)13-19-20(23-22(27)25(4)21(19)26)24(3)14-17-8-6-5-7-9-17/h5-12H,13-14H2,1-4H3,(H,23,27). The molecule has 140 valence electrons. The maximum atomic E-state index is 12.9. The smallest absolute Gasteiger partial charge is 0.329 e. The quantitative estimate of drug-likeness (QED) is 0.758. The molecule has 0 spiro atoms. The predicted molar refractivity (Wildman–Crippen MR) is 110 cm³/mol. The van der Waals surface area contributed by atoms with Gasteiger partial charge in [-0.1, -0.05) is 59.7 Å². The van der Waals surface area contributed by atoms with E-state index >= 15 is 0 Å². The summed E-state index contributed by atoms with van der Waals surface area (Å²) in [6, 6.07) is 16.3. The van der Waals surface area contributed by atoms with Crippen molar-refractivity contribution in [3.05, 3.63) is 97.2 Å². The summed E-state index contributed by atoms with van der Waals surface area (Å²) in [5.74, 6) is 0.575. The first-order valence-corrected chi connectivity index (χ1v) is 8.99. The molecular weight excluding hydrogens is 338 g/mol. The van der Waals surface area contributed by atoms with E-state index < -0.39 is 5.69 Å². The zero-order valence-electron chi connectivity index (χ0n) is 16.2. The second-order valence-electron chi connectivity index (χ2n) is 7.14. The Morgan fingerprint density at radius 1 is 0.963 bits per heavy atom. The molecule has 1 heterocycles. The summed E-state index contributed by atoms with van der Waals surface area (Å²) in [4.78, 5) is 29.9. The molecule has 0 saturated carbocycles. The van der Waals surface area contributed by atoms with Gasteiger partial charge in [0.25, 0.3) is 5.56 Å². The number of H-pyrrole nitrogens is 1. The van der Waals surface area contributed by atoms with Gasteiger partial charge in [0, 0.05) is 27.1 Å². The highest BCUT2D eigenvalue weighted by molar-refractivity contribution is 5.48. The lowest BCUT2D eigenvalue weighted by Crippen LogP contribution is -2.38. The second kappa shape index (κ2) is 7.66. The van der Waals surface area contributed by atoms with Gasteiger partial charge in [0.15, 0.2) is 0 Å². The van der Waals surface area contributed by atoms with E-state index in [1.165, 1.54) is 7.05 Å². The van der Waals surface area contributed by atoms with Crippen molar-refractivity contribution in [3.8, 4) is 0 Å². The van der Waals surface area contributed by atoms with Gasteiger partial charge in [0.2, 0.25) is 0 Å². The highest BCUT2D eigenvalue weighted by Crippen LogP contribution is 2.19. The molecule has 0 bridgehead atoms. The largest absolute Gasteiger partial charge is 0.356 e. The third-order valence-electron chi connectivity index (χ3n) is 4.69. The SMILES string of the molecule is Cc1cc(C)cc(Cc2c(N(C)Cc3ccccc3)[nH]c(=O)n(C)c2=O)c1. The monoisotopic (exact) mass is 363 g/mol.